The van der Waals surface area contributed by atoms with Crippen LogP contribution in [0.5, 0.6) is 0 Å². The summed E-state index contributed by atoms with van der Waals surface area (Å²) in [4.78, 5) is 17.4. The summed E-state index contributed by atoms with van der Waals surface area (Å²) < 4.78 is 5.81. The molecule has 5 heteroatoms. The quantitative estimate of drug-likeness (QED) is 0.842. The summed E-state index contributed by atoms with van der Waals surface area (Å²) in [5, 5.41) is 3.37. The van der Waals surface area contributed by atoms with Gasteiger partial charge in [0, 0.05) is 32.7 Å². The zero-order valence-corrected chi connectivity index (χ0v) is 14.0. The third-order valence-electron chi connectivity index (χ3n) is 4.38. The van der Waals surface area contributed by atoms with Crippen LogP contribution < -0.4 is 5.32 Å². The van der Waals surface area contributed by atoms with Crippen LogP contribution in [0.2, 0.25) is 0 Å². The fourth-order valence-electron chi connectivity index (χ4n) is 3.56. The average molecular weight is 297 g/mol. The molecular formula is C16H31N3O2. The van der Waals surface area contributed by atoms with Crippen LogP contribution in [0.3, 0.4) is 0 Å². The Morgan fingerprint density at radius 3 is 2.43 bits per heavy atom. The summed E-state index contributed by atoms with van der Waals surface area (Å²) in [6.45, 7) is 13.8. The third-order valence-corrected chi connectivity index (χ3v) is 4.38. The normalized spacial score (nSPS) is 30.2. The minimum Gasteiger partial charge on any atom is -0.373 e. The maximum atomic E-state index is 13.0. The molecule has 3 unspecified atom stereocenters. The molecular weight excluding hydrogens is 266 g/mol. The summed E-state index contributed by atoms with van der Waals surface area (Å²) in [6, 6.07) is -0.0168. The smallest absolute Gasteiger partial charge is 0.240 e. The Morgan fingerprint density at radius 1 is 1.14 bits per heavy atom. The lowest BCUT2D eigenvalue weighted by molar-refractivity contribution is -0.145. The van der Waals surface area contributed by atoms with E-state index in [1.165, 1.54) is 0 Å². The van der Waals surface area contributed by atoms with Crippen LogP contribution in [-0.2, 0) is 9.53 Å². The lowest BCUT2D eigenvalue weighted by atomic mass is 9.99. The lowest BCUT2D eigenvalue weighted by Crippen LogP contribution is -2.58. The topological polar surface area (TPSA) is 44.8 Å². The van der Waals surface area contributed by atoms with Crippen molar-refractivity contribution in [3.63, 3.8) is 0 Å². The molecule has 2 aliphatic rings. The van der Waals surface area contributed by atoms with Crippen LogP contribution in [0.25, 0.3) is 0 Å². The molecule has 21 heavy (non-hydrogen) atoms. The first-order chi connectivity index (χ1) is 9.99. The van der Waals surface area contributed by atoms with E-state index in [0.29, 0.717) is 11.8 Å². The van der Waals surface area contributed by atoms with E-state index in [1.54, 1.807) is 0 Å². The number of morpholine rings is 1. The predicted molar refractivity (Wildman–Crippen MR) is 84.3 cm³/mol. The molecule has 0 aliphatic carbocycles. The van der Waals surface area contributed by atoms with Gasteiger partial charge in [-0.2, -0.15) is 0 Å². The average Bonchev–Trinajstić information content (AvgIpc) is 2.65. The molecule has 1 N–H and O–H groups in total. The van der Waals surface area contributed by atoms with Crippen LogP contribution in [0.1, 0.15) is 34.1 Å². The van der Waals surface area contributed by atoms with Gasteiger partial charge in [-0.05, 0) is 32.7 Å². The molecule has 0 aromatic carbocycles. The fraction of sp³-hybridized carbons (Fsp3) is 0.938. The number of ether oxygens (including phenoxy) is 1. The number of hydrogen-bond donors (Lipinski definition) is 1. The zero-order valence-electron chi connectivity index (χ0n) is 14.0. The number of carbonyl (C=O) groups excluding carboxylic acids is 1. The fourth-order valence-corrected chi connectivity index (χ4v) is 3.56. The van der Waals surface area contributed by atoms with Crippen molar-refractivity contribution in [2.24, 2.45) is 5.92 Å². The summed E-state index contributed by atoms with van der Waals surface area (Å²) in [6.07, 6.45) is 1.45. The lowest BCUT2D eigenvalue weighted by Gasteiger charge is -2.42. The van der Waals surface area contributed by atoms with Crippen LogP contribution in [0.4, 0.5) is 0 Å². The van der Waals surface area contributed by atoms with Crippen molar-refractivity contribution in [3.8, 4) is 0 Å². The monoisotopic (exact) mass is 297 g/mol. The Balaban J connectivity index is 2.08. The first-order valence-electron chi connectivity index (χ1n) is 8.38. The molecule has 0 saturated carbocycles. The Hall–Kier alpha value is -0.650. The predicted octanol–water partition coefficient (Wildman–Crippen LogP) is 0.942. The standard InChI is InChI=1S/C16H31N3O2/c1-12(2)15(19-10-13(3)21-14(4)11-19)16(20)18-8-5-6-17-7-9-18/h12-15,17H,5-11H2,1-4H3. The van der Waals surface area contributed by atoms with Gasteiger partial charge in [0.1, 0.15) is 0 Å². The van der Waals surface area contributed by atoms with Crippen LogP contribution >= 0.6 is 0 Å². The highest BCUT2D eigenvalue weighted by atomic mass is 16.5. The molecule has 1 amide bonds. The summed E-state index contributed by atoms with van der Waals surface area (Å²) >= 11 is 0. The number of rotatable bonds is 3. The molecule has 0 aromatic rings. The molecule has 3 atom stereocenters. The molecule has 2 saturated heterocycles. The van der Waals surface area contributed by atoms with E-state index in [1.807, 2.05) is 0 Å². The second kappa shape index (κ2) is 7.56. The zero-order chi connectivity index (χ0) is 15.4. The maximum absolute atomic E-state index is 13.0. The van der Waals surface area contributed by atoms with Gasteiger partial charge in [-0.15, -0.1) is 0 Å². The molecule has 0 spiro atoms. The maximum Gasteiger partial charge on any atom is 0.240 e. The highest BCUT2D eigenvalue weighted by Crippen LogP contribution is 2.20. The molecule has 2 heterocycles. The van der Waals surface area contributed by atoms with E-state index < -0.39 is 0 Å². The van der Waals surface area contributed by atoms with Crippen molar-refractivity contribution in [2.75, 3.05) is 39.3 Å². The van der Waals surface area contributed by atoms with Gasteiger partial charge in [-0.1, -0.05) is 13.8 Å². The summed E-state index contributed by atoms with van der Waals surface area (Å²) in [5.41, 5.74) is 0. The highest BCUT2D eigenvalue weighted by Gasteiger charge is 2.36. The molecule has 0 radical (unpaired) electrons. The first kappa shape index (κ1) is 16.7. The number of nitrogens with one attached hydrogen (secondary N) is 1. The number of hydrogen-bond acceptors (Lipinski definition) is 4. The number of amides is 1. The Morgan fingerprint density at radius 2 is 1.81 bits per heavy atom. The van der Waals surface area contributed by atoms with Gasteiger partial charge >= 0.3 is 0 Å². The Labute approximate surface area is 129 Å². The SMILES string of the molecule is CC1CN(C(C(=O)N2CCCNCC2)C(C)C)CC(C)O1. The van der Waals surface area contributed by atoms with Gasteiger partial charge in [-0.3, -0.25) is 9.69 Å². The van der Waals surface area contributed by atoms with Crippen molar-refractivity contribution < 1.29 is 9.53 Å². The van der Waals surface area contributed by atoms with E-state index in [-0.39, 0.29) is 18.2 Å². The van der Waals surface area contributed by atoms with Crippen molar-refractivity contribution >= 4 is 5.91 Å². The van der Waals surface area contributed by atoms with Crippen molar-refractivity contribution in [1.82, 2.24) is 15.1 Å². The van der Waals surface area contributed by atoms with Crippen molar-refractivity contribution in [1.29, 1.82) is 0 Å². The third kappa shape index (κ3) is 4.41. The van der Waals surface area contributed by atoms with E-state index in [2.05, 4.69) is 42.8 Å². The number of nitrogens with zero attached hydrogens (tertiary/aromatic N) is 2. The minimum atomic E-state index is -0.0168. The largest absolute Gasteiger partial charge is 0.373 e. The first-order valence-corrected chi connectivity index (χ1v) is 8.38. The molecule has 5 nitrogen and oxygen atoms in total. The van der Waals surface area contributed by atoms with E-state index in [9.17, 15) is 4.79 Å². The second-order valence-corrected chi connectivity index (χ2v) is 6.83. The van der Waals surface area contributed by atoms with Gasteiger partial charge in [0.25, 0.3) is 0 Å². The minimum absolute atomic E-state index is 0.0168. The Bertz CT molecular complexity index is 330. The molecule has 2 aliphatic heterocycles. The molecule has 2 rings (SSSR count). The van der Waals surface area contributed by atoms with Crippen LogP contribution in [-0.4, -0.2) is 73.2 Å². The van der Waals surface area contributed by atoms with Crippen molar-refractivity contribution in [2.45, 2.75) is 52.4 Å². The van der Waals surface area contributed by atoms with E-state index in [0.717, 1.165) is 45.7 Å². The van der Waals surface area contributed by atoms with Gasteiger partial charge < -0.3 is 15.0 Å². The van der Waals surface area contributed by atoms with E-state index in [4.69, 9.17) is 4.74 Å². The molecule has 0 bridgehead atoms. The highest BCUT2D eigenvalue weighted by molar-refractivity contribution is 5.82. The number of carbonyl (C=O) groups is 1. The van der Waals surface area contributed by atoms with Gasteiger partial charge in [0.15, 0.2) is 0 Å². The van der Waals surface area contributed by atoms with Gasteiger partial charge in [-0.25, -0.2) is 0 Å². The molecule has 122 valence electrons. The van der Waals surface area contributed by atoms with Crippen LogP contribution in [0, 0.1) is 5.92 Å². The summed E-state index contributed by atoms with van der Waals surface area (Å²) in [7, 11) is 0. The van der Waals surface area contributed by atoms with Crippen molar-refractivity contribution in [3.05, 3.63) is 0 Å². The van der Waals surface area contributed by atoms with Gasteiger partial charge in [0.2, 0.25) is 5.91 Å². The van der Waals surface area contributed by atoms with E-state index >= 15 is 0 Å². The summed E-state index contributed by atoms with van der Waals surface area (Å²) in [5.74, 6) is 0.626. The Kier molecular flexibility index (Phi) is 6.02. The molecule has 2 fully saturated rings. The second-order valence-electron chi connectivity index (χ2n) is 6.83. The van der Waals surface area contributed by atoms with Gasteiger partial charge in [0.05, 0.1) is 18.2 Å². The van der Waals surface area contributed by atoms with Crippen LogP contribution in [0.15, 0.2) is 0 Å². The molecule has 0 aromatic heterocycles.